The summed E-state index contributed by atoms with van der Waals surface area (Å²) in [4.78, 5) is 43.3. The Kier molecular flexibility index (Phi) is 6.44. The first-order valence-electron chi connectivity index (χ1n) is 9.17. The Balaban J connectivity index is 1.73. The van der Waals surface area contributed by atoms with Crippen molar-refractivity contribution < 1.29 is 23.2 Å². The van der Waals surface area contributed by atoms with Gasteiger partial charge in [-0.2, -0.15) is 0 Å². The van der Waals surface area contributed by atoms with Crippen molar-refractivity contribution in [2.24, 2.45) is 11.7 Å². The number of H-pyrrole nitrogens is 1. The zero-order chi connectivity index (χ0) is 22.7. The fraction of sp³-hybridized carbons (Fsp3) is 0.200. The normalized spacial score (nSPS) is 11.9. The minimum absolute atomic E-state index is 0.219. The molecule has 3 rings (SSSR count). The zero-order valence-electron chi connectivity index (χ0n) is 16.5. The van der Waals surface area contributed by atoms with Crippen molar-refractivity contribution in [3.8, 4) is 11.3 Å². The van der Waals surface area contributed by atoms with Crippen molar-refractivity contribution in [2.45, 2.75) is 19.9 Å². The summed E-state index contributed by atoms with van der Waals surface area (Å²) >= 11 is 1.13. The quantitative estimate of drug-likeness (QED) is 0.444. The van der Waals surface area contributed by atoms with E-state index in [1.54, 1.807) is 25.4 Å². The molecule has 5 N–H and O–H groups in total. The molecule has 11 heteroatoms. The number of hydrogen-bond acceptors (Lipinski definition) is 5. The Morgan fingerprint density at radius 3 is 2.45 bits per heavy atom. The van der Waals surface area contributed by atoms with Crippen LogP contribution in [-0.4, -0.2) is 33.7 Å². The molecule has 31 heavy (non-hydrogen) atoms. The molecule has 0 spiro atoms. The molecular formula is C20H19F2N5O3S. The smallest absolute Gasteiger partial charge is 0.265 e. The van der Waals surface area contributed by atoms with E-state index >= 15 is 0 Å². The van der Waals surface area contributed by atoms with E-state index in [2.05, 4.69) is 20.6 Å². The number of aromatic amines is 1. The van der Waals surface area contributed by atoms with Crippen LogP contribution in [0.15, 0.2) is 35.8 Å². The summed E-state index contributed by atoms with van der Waals surface area (Å²) in [5.41, 5.74) is 5.78. The van der Waals surface area contributed by atoms with Gasteiger partial charge in [-0.15, -0.1) is 11.3 Å². The van der Waals surface area contributed by atoms with Crippen molar-refractivity contribution >= 4 is 34.2 Å². The topological polar surface area (TPSA) is 130 Å². The van der Waals surface area contributed by atoms with Crippen LogP contribution < -0.4 is 16.4 Å². The number of nitrogens with zero attached hydrogens (tertiary/aromatic N) is 1. The number of carbonyl (C=O) groups is 3. The molecule has 3 aromatic rings. The number of hydrogen-bond donors (Lipinski definition) is 4. The standard InChI is InChI=1S/C20H19F2N5O3S/c1-9(2)16(26-18(29)15-11(21)4-3-5-12(15)22)19(30)27-20-25-14(8-31-20)10-6-13(17(23)28)24-7-10/h3-9,16,24H,1-2H3,(H2,23,28)(H,26,29)(H,25,27,30). The molecule has 0 aliphatic carbocycles. The third-order valence-electron chi connectivity index (χ3n) is 4.40. The fourth-order valence-electron chi connectivity index (χ4n) is 2.79. The van der Waals surface area contributed by atoms with Gasteiger partial charge in [-0.05, 0) is 24.1 Å². The van der Waals surface area contributed by atoms with Gasteiger partial charge in [0.05, 0.1) is 5.69 Å². The number of halogens is 2. The van der Waals surface area contributed by atoms with E-state index in [1.165, 1.54) is 6.07 Å². The monoisotopic (exact) mass is 447 g/mol. The largest absolute Gasteiger partial charge is 0.364 e. The molecule has 0 saturated heterocycles. The summed E-state index contributed by atoms with van der Waals surface area (Å²) in [5, 5.41) is 6.89. The van der Waals surface area contributed by atoms with Gasteiger partial charge in [0.25, 0.3) is 11.8 Å². The van der Waals surface area contributed by atoms with Crippen LogP contribution in [0.3, 0.4) is 0 Å². The first kappa shape index (κ1) is 22.1. The molecule has 0 fully saturated rings. The van der Waals surface area contributed by atoms with Crippen LogP contribution >= 0.6 is 11.3 Å². The van der Waals surface area contributed by atoms with Gasteiger partial charge in [-0.25, -0.2) is 13.8 Å². The van der Waals surface area contributed by atoms with Gasteiger partial charge < -0.3 is 21.4 Å². The van der Waals surface area contributed by atoms with Crippen molar-refractivity contribution in [3.05, 3.63) is 58.7 Å². The Labute approximate surface area is 179 Å². The van der Waals surface area contributed by atoms with E-state index < -0.39 is 41.0 Å². The highest BCUT2D eigenvalue weighted by Crippen LogP contribution is 2.26. The maximum absolute atomic E-state index is 13.9. The van der Waals surface area contributed by atoms with Crippen molar-refractivity contribution in [1.29, 1.82) is 0 Å². The van der Waals surface area contributed by atoms with Gasteiger partial charge in [0.2, 0.25) is 5.91 Å². The molecule has 1 aromatic carbocycles. The molecule has 0 aliphatic rings. The molecule has 2 aromatic heterocycles. The zero-order valence-corrected chi connectivity index (χ0v) is 17.3. The highest BCUT2D eigenvalue weighted by atomic mass is 32.1. The second kappa shape index (κ2) is 9.04. The predicted molar refractivity (Wildman–Crippen MR) is 111 cm³/mol. The van der Waals surface area contributed by atoms with Crippen molar-refractivity contribution in [2.75, 3.05) is 5.32 Å². The van der Waals surface area contributed by atoms with Gasteiger partial charge in [0.15, 0.2) is 5.13 Å². The van der Waals surface area contributed by atoms with Gasteiger partial charge >= 0.3 is 0 Å². The second-order valence-corrected chi connectivity index (χ2v) is 7.84. The van der Waals surface area contributed by atoms with Crippen LogP contribution in [-0.2, 0) is 4.79 Å². The lowest BCUT2D eigenvalue weighted by molar-refractivity contribution is -0.118. The van der Waals surface area contributed by atoms with Crippen LogP contribution in [0, 0.1) is 17.6 Å². The fourth-order valence-corrected chi connectivity index (χ4v) is 3.52. The average molecular weight is 447 g/mol. The molecule has 0 aliphatic heterocycles. The third kappa shape index (κ3) is 4.94. The van der Waals surface area contributed by atoms with E-state index in [4.69, 9.17) is 5.73 Å². The molecule has 3 amide bonds. The Hall–Kier alpha value is -3.60. The molecule has 1 atom stereocenters. The van der Waals surface area contributed by atoms with Gasteiger partial charge in [0, 0.05) is 17.1 Å². The Morgan fingerprint density at radius 1 is 1.19 bits per heavy atom. The number of thiazole rings is 1. The Morgan fingerprint density at radius 2 is 1.87 bits per heavy atom. The number of amides is 3. The molecule has 0 bridgehead atoms. The van der Waals surface area contributed by atoms with Crippen LogP contribution in [0.25, 0.3) is 11.3 Å². The first-order valence-corrected chi connectivity index (χ1v) is 10.0. The maximum atomic E-state index is 13.9. The van der Waals surface area contributed by atoms with Gasteiger partial charge in [-0.1, -0.05) is 19.9 Å². The SMILES string of the molecule is CC(C)C(NC(=O)c1c(F)cccc1F)C(=O)Nc1nc(-c2c[nH]c(C(N)=O)c2)cs1. The minimum Gasteiger partial charge on any atom is -0.364 e. The van der Waals surface area contributed by atoms with E-state index in [0.717, 1.165) is 29.5 Å². The summed E-state index contributed by atoms with van der Waals surface area (Å²) in [7, 11) is 0. The lowest BCUT2D eigenvalue weighted by atomic mass is 10.0. The number of rotatable bonds is 7. The summed E-state index contributed by atoms with van der Waals surface area (Å²) < 4.78 is 27.7. The van der Waals surface area contributed by atoms with E-state index in [-0.39, 0.29) is 16.7 Å². The molecule has 1 unspecified atom stereocenters. The molecule has 0 saturated carbocycles. The molecule has 2 heterocycles. The van der Waals surface area contributed by atoms with E-state index in [1.807, 2.05) is 0 Å². The lowest BCUT2D eigenvalue weighted by Crippen LogP contribution is -2.47. The molecule has 0 radical (unpaired) electrons. The molecule has 162 valence electrons. The summed E-state index contributed by atoms with van der Waals surface area (Å²) in [6, 6.07) is 3.54. The van der Waals surface area contributed by atoms with Crippen LogP contribution in [0.2, 0.25) is 0 Å². The van der Waals surface area contributed by atoms with Crippen molar-refractivity contribution in [1.82, 2.24) is 15.3 Å². The summed E-state index contributed by atoms with van der Waals surface area (Å²) in [6.07, 6.45) is 1.56. The number of aromatic nitrogens is 2. The van der Waals surface area contributed by atoms with Crippen LogP contribution in [0.5, 0.6) is 0 Å². The summed E-state index contributed by atoms with van der Waals surface area (Å²) in [5.74, 6) is -4.65. The van der Waals surface area contributed by atoms with E-state index in [0.29, 0.717) is 11.3 Å². The second-order valence-electron chi connectivity index (χ2n) is 6.99. The number of nitrogens with two attached hydrogens (primary N) is 1. The van der Waals surface area contributed by atoms with E-state index in [9.17, 15) is 23.2 Å². The molecule has 8 nitrogen and oxygen atoms in total. The predicted octanol–water partition coefficient (Wildman–Crippen LogP) is 2.91. The number of carbonyl (C=O) groups excluding carboxylic acids is 3. The van der Waals surface area contributed by atoms with Gasteiger partial charge in [0.1, 0.15) is 28.9 Å². The lowest BCUT2D eigenvalue weighted by Gasteiger charge is -2.21. The highest BCUT2D eigenvalue weighted by molar-refractivity contribution is 7.14. The van der Waals surface area contributed by atoms with Crippen LogP contribution in [0.4, 0.5) is 13.9 Å². The first-order chi connectivity index (χ1) is 14.7. The maximum Gasteiger partial charge on any atom is 0.265 e. The van der Waals surface area contributed by atoms with Gasteiger partial charge in [-0.3, -0.25) is 14.4 Å². The number of primary amides is 1. The number of benzene rings is 1. The number of anilines is 1. The third-order valence-corrected chi connectivity index (χ3v) is 5.16. The van der Waals surface area contributed by atoms with Crippen molar-refractivity contribution in [3.63, 3.8) is 0 Å². The Bertz CT molecular complexity index is 1120. The van der Waals surface area contributed by atoms with Crippen LogP contribution in [0.1, 0.15) is 34.7 Å². The molecular weight excluding hydrogens is 428 g/mol. The minimum atomic E-state index is -1.06. The number of nitrogens with one attached hydrogen (secondary N) is 3. The summed E-state index contributed by atoms with van der Waals surface area (Å²) in [6.45, 7) is 3.36. The highest BCUT2D eigenvalue weighted by Gasteiger charge is 2.28. The average Bonchev–Trinajstić information content (AvgIpc) is 3.35.